The maximum Gasteiger partial charge on any atom is 0.0309 e. The summed E-state index contributed by atoms with van der Waals surface area (Å²) in [5, 5.41) is 3.70. The Labute approximate surface area is 74.3 Å². The van der Waals surface area contributed by atoms with Gasteiger partial charge in [-0.15, -0.1) is 0 Å². The first-order valence-electron chi connectivity index (χ1n) is 5.37. The molecule has 0 aromatic rings. The van der Waals surface area contributed by atoms with E-state index in [4.69, 9.17) is 0 Å². The lowest BCUT2D eigenvalue weighted by molar-refractivity contribution is 0.0665. The monoisotopic (exact) mass is 166 g/mol. The molecule has 0 aromatic carbocycles. The molecule has 68 valence electrons. The van der Waals surface area contributed by atoms with Crippen LogP contribution in [0.3, 0.4) is 0 Å². The summed E-state index contributed by atoms with van der Waals surface area (Å²) >= 11 is 0. The van der Waals surface area contributed by atoms with Gasteiger partial charge < -0.3 is 5.32 Å². The Morgan fingerprint density at radius 2 is 2.08 bits per heavy atom. The molecular weight excluding hydrogens is 148 g/mol. The van der Waals surface area contributed by atoms with Gasteiger partial charge in [0.1, 0.15) is 0 Å². The van der Waals surface area contributed by atoms with E-state index in [-0.39, 0.29) is 0 Å². The number of rotatable bonds is 1. The Hall–Kier alpha value is -0.0800. The van der Waals surface area contributed by atoms with Crippen molar-refractivity contribution in [3.8, 4) is 0 Å². The highest BCUT2D eigenvalue weighted by atomic mass is 15.3. The van der Waals surface area contributed by atoms with E-state index in [1.54, 1.807) is 0 Å². The van der Waals surface area contributed by atoms with E-state index in [1.807, 2.05) is 0 Å². The molecule has 2 nitrogen and oxygen atoms in total. The molecule has 3 aliphatic rings. The summed E-state index contributed by atoms with van der Waals surface area (Å²) in [5.41, 5.74) is 0.570. The number of hydrogen-bond acceptors (Lipinski definition) is 2. The van der Waals surface area contributed by atoms with Crippen LogP contribution in [0, 0.1) is 0 Å². The van der Waals surface area contributed by atoms with E-state index < -0.39 is 0 Å². The van der Waals surface area contributed by atoms with Crippen molar-refractivity contribution >= 4 is 0 Å². The van der Waals surface area contributed by atoms with Gasteiger partial charge in [-0.2, -0.15) is 0 Å². The van der Waals surface area contributed by atoms with Gasteiger partial charge in [0.15, 0.2) is 0 Å². The maximum atomic E-state index is 3.70. The second-order valence-corrected chi connectivity index (χ2v) is 4.76. The SMILES string of the molecule is C1CC2(C1)CN(C1CC1)CCN2. The van der Waals surface area contributed by atoms with Crippen molar-refractivity contribution in [2.45, 2.75) is 43.7 Å². The Morgan fingerprint density at radius 1 is 1.25 bits per heavy atom. The molecule has 0 bridgehead atoms. The van der Waals surface area contributed by atoms with Crippen LogP contribution in [0.5, 0.6) is 0 Å². The minimum absolute atomic E-state index is 0.570. The number of nitrogens with zero attached hydrogens (tertiary/aromatic N) is 1. The standard InChI is InChI=1S/C10H18N2/c1-4-10(5-1)8-12(7-6-11-10)9-2-3-9/h9,11H,1-8H2. The van der Waals surface area contributed by atoms with E-state index in [0.717, 1.165) is 6.04 Å². The third kappa shape index (κ3) is 1.09. The topological polar surface area (TPSA) is 15.3 Å². The van der Waals surface area contributed by atoms with Gasteiger partial charge in [-0.25, -0.2) is 0 Å². The van der Waals surface area contributed by atoms with Crippen LogP contribution in [-0.4, -0.2) is 36.1 Å². The van der Waals surface area contributed by atoms with Crippen molar-refractivity contribution in [3.63, 3.8) is 0 Å². The largest absolute Gasteiger partial charge is 0.309 e. The van der Waals surface area contributed by atoms with Crippen LogP contribution in [0.2, 0.25) is 0 Å². The minimum Gasteiger partial charge on any atom is -0.309 e. The number of piperazine rings is 1. The summed E-state index contributed by atoms with van der Waals surface area (Å²) in [7, 11) is 0. The van der Waals surface area contributed by atoms with Crippen molar-refractivity contribution in [2.75, 3.05) is 19.6 Å². The Morgan fingerprint density at radius 3 is 2.67 bits per heavy atom. The van der Waals surface area contributed by atoms with E-state index in [9.17, 15) is 0 Å². The lowest BCUT2D eigenvalue weighted by Crippen LogP contribution is -2.64. The summed E-state index contributed by atoms with van der Waals surface area (Å²) in [6.45, 7) is 3.88. The maximum absolute atomic E-state index is 3.70. The quantitative estimate of drug-likeness (QED) is 0.624. The molecule has 1 saturated heterocycles. The average molecular weight is 166 g/mol. The van der Waals surface area contributed by atoms with E-state index >= 15 is 0 Å². The van der Waals surface area contributed by atoms with Crippen LogP contribution in [0.4, 0.5) is 0 Å². The fourth-order valence-corrected chi connectivity index (χ4v) is 2.68. The Bertz CT molecular complexity index is 182. The summed E-state index contributed by atoms with van der Waals surface area (Å²) < 4.78 is 0. The average Bonchev–Trinajstić information content (AvgIpc) is 2.84. The van der Waals surface area contributed by atoms with Crippen LogP contribution in [-0.2, 0) is 0 Å². The second kappa shape index (κ2) is 2.46. The molecule has 0 atom stereocenters. The van der Waals surface area contributed by atoms with Gasteiger partial charge in [0.05, 0.1) is 0 Å². The zero-order valence-corrected chi connectivity index (χ0v) is 7.68. The van der Waals surface area contributed by atoms with E-state index in [2.05, 4.69) is 10.2 Å². The van der Waals surface area contributed by atoms with Crippen molar-refractivity contribution < 1.29 is 0 Å². The molecule has 3 rings (SSSR count). The second-order valence-electron chi connectivity index (χ2n) is 4.76. The molecule has 2 aliphatic carbocycles. The van der Waals surface area contributed by atoms with E-state index in [1.165, 1.54) is 51.7 Å². The fourth-order valence-electron chi connectivity index (χ4n) is 2.68. The Balaban J connectivity index is 1.66. The Kier molecular flexibility index (Phi) is 1.50. The smallest absolute Gasteiger partial charge is 0.0309 e. The lowest BCUT2D eigenvalue weighted by atomic mass is 9.75. The molecular formula is C10H18N2. The molecule has 0 unspecified atom stereocenters. The molecule has 3 fully saturated rings. The molecule has 2 saturated carbocycles. The van der Waals surface area contributed by atoms with Crippen molar-refractivity contribution in [1.82, 2.24) is 10.2 Å². The molecule has 1 aliphatic heterocycles. The highest BCUT2D eigenvalue weighted by Gasteiger charge is 2.43. The van der Waals surface area contributed by atoms with Crippen molar-refractivity contribution in [2.24, 2.45) is 0 Å². The van der Waals surface area contributed by atoms with Crippen molar-refractivity contribution in [1.29, 1.82) is 0 Å². The summed E-state index contributed by atoms with van der Waals surface area (Å²) in [4.78, 5) is 2.72. The van der Waals surface area contributed by atoms with Gasteiger partial charge in [0.25, 0.3) is 0 Å². The van der Waals surface area contributed by atoms with Gasteiger partial charge in [0.2, 0.25) is 0 Å². The lowest BCUT2D eigenvalue weighted by Gasteiger charge is -2.49. The molecule has 0 amide bonds. The zero-order valence-electron chi connectivity index (χ0n) is 7.68. The van der Waals surface area contributed by atoms with Crippen LogP contribution in [0.1, 0.15) is 32.1 Å². The predicted molar refractivity (Wildman–Crippen MR) is 49.2 cm³/mol. The van der Waals surface area contributed by atoms with Gasteiger partial charge in [0, 0.05) is 31.2 Å². The van der Waals surface area contributed by atoms with Gasteiger partial charge >= 0.3 is 0 Å². The first-order valence-corrected chi connectivity index (χ1v) is 5.37. The van der Waals surface area contributed by atoms with Crippen LogP contribution >= 0.6 is 0 Å². The van der Waals surface area contributed by atoms with Crippen LogP contribution in [0.25, 0.3) is 0 Å². The van der Waals surface area contributed by atoms with Crippen LogP contribution in [0.15, 0.2) is 0 Å². The number of hydrogen-bond donors (Lipinski definition) is 1. The molecule has 1 heterocycles. The summed E-state index contributed by atoms with van der Waals surface area (Å²) in [6, 6.07) is 0.976. The molecule has 0 aromatic heterocycles. The highest BCUT2D eigenvalue weighted by molar-refractivity contribution is 5.03. The molecule has 2 heteroatoms. The van der Waals surface area contributed by atoms with E-state index in [0.29, 0.717) is 5.54 Å². The summed E-state index contributed by atoms with van der Waals surface area (Å²) in [6.07, 6.45) is 7.24. The predicted octanol–water partition coefficient (Wildman–Crippen LogP) is 0.977. The van der Waals surface area contributed by atoms with Gasteiger partial charge in [-0.05, 0) is 32.1 Å². The van der Waals surface area contributed by atoms with Crippen molar-refractivity contribution in [3.05, 3.63) is 0 Å². The van der Waals surface area contributed by atoms with Crippen LogP contribution < -0.4 is 5.32 Å². The zero-order chi connectivity index (χ0) is 8.02. The first-order chi connectivity index (χ1) is 5.88. The third-order valence-corrected chi connectivity index (χ3v) is 3.78. The van der Waals surface area contributed by atoms with Gasteiger partial charge in [-0.1, -0.05) is 0 Å². The van der Waals surface area contributed by atoms with Gasteiger partial charge in [-0.3, -0.25) is 4.90 Å². The fraction of sp³-hybridized carbons (Fsp3) is 1.00. The molecule has 0 radical (unpaired) electrons. The molecule has 12 heavy (non-hydrogen) atoms. The molecule has 1 N–H and O–H groups in total. The first kappa shape index (κ1) is 7.34. The molecule has 1 spiro atoms. The normalized spacial score (nSPS) is 35.0. The minimum atomic E-state index is 0.570. The highest BCUT2D eigenvalue weighted by Crippen LogP contribution is 2.37. The third-order valence-electron chi connectivity index (χ3n) is 3.78. The summed E-state index contributed by atoms with van der Waals surface area (Å²) in [5.74, 6) is 0. The number of nitrogens with one attached hydrogen (secondary N) is 1.